The maximum absolute atomic E-state index is 10.8. The van der Waals surface area contributed by atoms with Crippen LogP contribution in [0.2, 0.25) is 0 Å². The zero-order valence-corrected chi connectivity index (χ0v) is 26.6. The van der Waals surface area contributed by atoms with E-state index < -0.39 is 7.72 Å². The summed E-state index contributed by atoms with van der Waals surface area (Å²) in [5.74, 6) is 3.08. The van der Waals surface area contributed by atoms with Crippen molar-refractivity contribution >= 4 is 13.4 Å². The van der Waals surface area contributed by atoms with Crippen molar-refractivity contribution in [3.8, 4) is 11.6 Å². The number of benzene rings is 1. The monoisotopic (exact) mass is 571 g/mol. The fraction of sp³-hybridized carbons (Fsp3) is 0.667. The van der Waals surface area contributed by atoms with Crippen molar-refractivity contribution in [3.05, 3.63) is 47.7 Å². The Balaban J connectivity index is 1.32. The summed E-state index contributed by atoms with van der Waals surface area (Å²) in [5, 5.41) is 0. The van der Waals surface area contributed by atoms with Crippen molar-refractivity contribution < 1.29 is 18.9 Å². The van der Waals surface area contributed by atoms with Crippen molar-refractivity contribution in [2.24, 2.45) is 17.3 Å². The van der Waals surface area contributed by atoms with E-state index in [4.69, 9.17) is 14.0 Å². The number of aromatic nitrogens is 1. The number of hydrogen-bond acceptors (Lipinski definition) is 6. The maximum Gasteiger partial charge on any atom is 0.269 e. The van der Waals surface area contributed by atoms with Gasteiger partial charge in [-0.3, -0.25) is 0 Å². The molecular formula is C33H52N2O4P+. The third-order valence-corrected chi connectivity index (χ3v) is 10.3. The zero-order chi connectivity index (χ0) is 28.8. The lowest BCUT2D eigenvalue weighted by atomic mass is 9.88. The van der Waals surface area contributed by atoms with Crippen molar-refractivity contribution in [2.45, 2.75) is 78.6 Å². The van der Waals surface area contributed by atoms with Crippen LogP contribution in [-0.2, 0) is 10.9 Å². The average Bonchev–Trinajstić information content (AvgIpc) is 3.76. The first-order valence-corrected chi connectivity index (χ1v) is 17.6. The molecule has 1 N–H and O–H groups in total. The fourth-order valence-electron chi connectivity index (χ4n) is 5.98. The molecule has 2 fully saturated rings. The van der Waals surface area contributed by atoms with Crippen molar-refractivity contribution in [1.82, 2.24) is 4.98 Å². The molecule has 0 amide bonds. The highest BCUT2D eigenvalue weighted by Gasteiger charge is 2.42. The van der Waals surface area contributed by atoms with E-state index in [0.717, 1.165) is 38.1 Å². The van der Waals surface area contributed by atoms with Crippen LogP contribution in [0.25, 0.3) is 0 Å². The number of methoxy groups -OCH3 is 1. The van der Waals surface area contributed by atoms with E-state index in [1.165, 1.54) is 42.5 Å². The molecule has 2 atom stereocenters. The number of anilines is 1. The molecule has 4 rings (SSSR count). The molecule has 1 aliphatic heterocycles. The van der Waals surface area contributed by atoms with Crippen LogP contribution >= 0.6 is 7.72 Å². The van der Waals surface area contributed by atoms with E-state index in [9.17, 15) is 4.89 Å². The highest BCUT2D eigenvalue weighted by atomic mass is 31.2. The van der Waals surface area contributed by atoms with E-state index in [-0.39, 0.29) is 0 Å². The van der Waals surface area contributed by atoms with Gasteiger partial charge in [0.1, 0.15) is 18.6 Å². The topological polar surface area (TPSA) is 64.0 Å². The number of nitrogens with zero attached hydrogens (tertiary/aromatic N) is 2. The lowest BCUT2D eigenvalue weighted by Crippen LogP contribution is -2.36. The highest BCUT2D eigenvalue weighted by molar-refractivity contribution is 7.64. The molecule has 0 radical (unpaired) electrons. The molecule has 222 valence electrons. The summed E-state index contributed by atoms with van der Waals surface area (Å²) in [4.78, 5) is 17.9. The Morgan fingerprint density at radius 2 is 1.85 bits per heavy atom. The molecule has 6 nitrogen and oxygen atoms in total. The summed E-state index contributed by atoms with van der Waals surface area (Å²) in [5.41, 5.74) is 4.34. The number of hydrogen-bond donors (Lipinski definition) is 1. The Morgan fingerprint density at radius 3 is 2.50 bits per heavy atom. The Morgan fingerprint density at radius 1 is 1.10 bits per heavy atom. The second kappa shape index (κ2) is 13.9. The van der Waals surface area contributed by atoms with Gasteiger partial charge in [0.15, 0.2) is 0 Å². The first-order valence-electron chi connectivity index (χ1n) is 15.3. The van der Waals surface area contributed by atoms with Crippen LogP contribution in [0.5, 0.6) is 11.6 Å². The predicted octanol–water partition coefficient (Wildman–Crippen LogP) is 7.75. The van der Waals surface area contributed by atoms with Gasteiger partial charge in [-0.1, -0.05) is 26.8 Å². The fourth-order valence-corrected chi connectivity index (χ4v) is 7.89. The second-order valence-electron chi connectivity index (χ2n) is 13.2. The van der Waals surface area contributed by atoms with Crippen molar-refractivity contribution in [3.63, 3.8) is 0 Å². The molecule has 0 bridgehead atoms. The predicted molar refractivity (Wildman–Crippen MR) is 167 cm³/mol. The Bertz CT molecular complexity index is 1070. The first kappa shape index (κ1) is 31.1. The average molecular weight is 572 g/mol. The van der Waals surface area contributed by atoms with Gasteiger partial charge in [-0.15, -0.1) is 0 Å². The molecule has 40 heavy (non-hydrogen) atoms. The molecule has 1 aromatic heterocycles. The third kappa shape index (κ3) is 9.33. The van der Waals surface area contributed by atoms with Gasteiger partial charge in [0.2, 0.25) is 5.88 Å². The molecule has 0 spiro atoms. The Kier molecular flexibility index (Phi) is 10.8. The number of aryl methyl sites for hydroxylation is 1. The van der Waals surface area contributed by atoms with Crippen LogP contribution < -0.4 is 14.4 Å². The summed E-state index contributed by atoms with van der Waals surface area (Å²) in [6, 6.07) is 10.8. The Hall–Kier alpha value is -1.88. The summed E-state index contributed by atoms with van der Waals surface area (Å²) in [6.07, 6.45) is 10.7. The van der Waals surface area contributed by atoms with Crippen LogP contribution in [0.4, 0.5) is 5.69 Å². The van der Waals surface area contributed by atoms with Gasteiger partial charge in [0, 0.05) is 43.0 Å². The summed E-state index contributed by atoms with van der Waals surface area (Å²) in [7, 11) is -0.608. The number of ether oxygens (including phenoxy) is 2. The van der Waals surface area contributed by atoms with Gasteiger partial charge in [0.05, 0.1) is 20.3 Å². The van der Waals surface area contributed by atoms with Gasteiger partial charge >= 0.3 is 0 Å². The first-order chi connectivity index (χ1) is 19.1. The molecule has 1 saturated carbocycles. The van der Waals surface area contributed by atoms with E-state index >= 15 is 0 Å². The molecule has 1 aromatic carbocycles. The normalized spacial score (nSPS) is 18.8. The van der Waals surface area contributed by atoms with E-state index in [2.05, 4.69) is 61.0 Å². The smallest absolute Gasteiger partial charge is 0.269 e. The third-order valence-electron chi connectivity index (χ3n) is 8.41. The van der Waals surface area contributed by atoms with Crippen LogP contribution in [0.1, 0.15) is 83.3 Å². The minimum atomic E-state index is -2.36. The highest BCUT2D eigenvalue weighted by Crippen LogP contribution is 2.58. The Labute approximate surface area is 243 Å². The van der Waals surface area contributed by atoms with E-state index in [1.807, 2.05) is 19.8 Å². The minimum absolute atomic E-state index is 0.309. The number of rotatable bonds is 14. The van der Waals surface area contributed by atoms with Gasteiger partial charge in [-0.2, -0.15) is 0 Å². The van der Waals surface area contributed by atoms with Crippen molar-refractivity contribution in [2.75, 3.05) is 51.1 Å². The number of pyridine rings is 1. The molecule has 1 saturated heterocycles. The molecule has 7 heteroatoms. The molecule has 1 aliphatic carbocycles. The van der Waals surface area contributed by atoms with Crippen molar-refractivity contribution in [1.29, 1.82) is 0 Å². The molecule has 1 unspecified atom stereocenters. The quantitative estimate of drug-likeness (QED) is 0.234. The molecule has 2 aromatic rings. The van der Waals surface area contributed by atoms with Gasteiger partial charge in [0.25, 0.3) is 7.72 Å². The maximum atomic E-state index is 10.8. The van der Waals surface area contributed by atoms with E-state index in [0.29, 0.717) is 48.4 Å². The summed E-state index contributed by atoms with van der Waals surface area (Å²) < 4.78 is 17.6. The summed E-state index contributed by atoms with van der Waals surface area (Å²) in [6.45, 7) is 14.1. The van der Waals surface area contributed by atoms with Crippen LogP contribution in [-0.4, -0.2) is 56.1 Å². The van der Waals surface area contributed by atoms with E-state index in [1.54, 1.807) is 7.11 Å². The summed E-state index contributed by atoms with van der Waals surface area (Å²) >= 11 is 0. The SMILES string of the molecule is CCO[P+](C)(O)C[C@H](c1ccnc(OCC2CCN(c3cc(OC)ccc3CCCC(C)(C)C)CC2)c1)C1CC1. The molecule has 2 aliphatic rings. The lowest BCUT2D eigenvalue weighted by molar-refractivity contribution is 0.216. The van der Waals surface area contributed by atoms with Crippen LogP contribution in [0.15, 0.2) is 36.5 Å². The van der Waals surface area contributed by atoms with Gasteiger partial charge in [-0.05, 0) is 92.4 Å². The number of piperidine rings is 1. The molecule has 2 heterocycles. The van der Waals surface area contributed by atoms with Crippen LogP contribution in [0, 0.1) is 17.3 Å². The largest absolute Gasteiger partial charge is 0.497 e. The molecular weight excluding hydrogens is 519 g/mol. The zero-order valence-electron chi connectivity index (χ0n) is 25.7. The van der Waals surface area contributed by atoms with Gasteiger partial charge < -0.3 is 14.4 Å². The lowest BCUT2D eigenvalue weighted by Gasteiger charge is -2.35. The second-order valence-corrected chi connectivity index (χ2v) is 15.9. The van der Waals surface area contributed by atoms with Gasteiger partial charge in [-0.25, -0.2) is 14.4 Å². The standard InChI is InChI=1S/C33H52N2O4P/c1-7-39-40(6,36)24-30(26-10-11-26)28-14-18-34-32(21-28)38-23-25-15-19-35(20-16-25)31-22-29(37-5)13-12-27(31)9-8-17-33(2,3)4/h12-14,18,21-22,25-26,30,36H,7-11,15-17,19-20,23-24H2,1-6H3/q+1/t30-,40?/m0/s1. The van der Waals surface area contributed by atoms with Crippen LogP contribution in [0.3, 0.4) is 0 Å². The minimum Gasteiger partial charge on any atom is -0.497 e.